The molecule has 0 aliphatic rings. The Bertz CT molecular complexity index is 410. The van der Waals surface area contributed by atoms with Gasteiger partial charge in [0.05, 0.1) is 6.21 Å². The van der Waals surface area contributed by atoms with Crippen LogP contribution in [0.4, 0.5) is 4.39 Å². The Morgan fingerprint density at radius 3 is 3.07 bits per heavy atom. The molecule has 15 heavy (non-hydrogen) atoms. The van der Waals surface area contributed by atoms with Gasteiger partial charge in [-0.15, -0.1) is 6.42 Å². The number of aromatic hydroxyl groups is 1. The Morgan fingerprint density at radius 1 is 1.67 bits per heavy atom. The molecule has 0 aliphatic carbocycles. The van der Waals surface area contributed by atoms with Crippen LogP contribution < -0.4 is 0 Å². The number of rotatable bonds is 3. The smallest absolute Gasteiger partial charge is 0.184 e. The van der Waals surface area contributed by atoms with E-state index in [2.05, 4.69) is 11.1 Å². The van der Waals surface area contributed by atoms with E-state index < -0.39 is 11.9 Å². The van der Waals surface area contributed by atoms with Crippen molar-refractivity contribution in [3.05, 3.63) is 29.6 Å². The average Bonchev–Trinajstić information content (AvgIpc) is 2.23. The third-order valence-electron chi connectivity index (χ3n) is 1.64. The Hall–Kier alpha value is -2.02. The monoisotopic (exact) mass is 207 g/mol. The van der Waals surface area contributed by atoms with Crippen molar-refractivity contribution in [2.45, 2.75) is 13.0 Å². The number of terminal acetylenes is 1. The van der Waals surface area contributed by atoms with E-state index in [0.29, 0.717) is 0 Å². The SMILES string of the molecule is C#CC(C)ON=Cc1cc(F)ccc1O. The minimum atomic E-state index is -0.461. The molecule has 1 unspecified atom stereocenters. The van der Waals surface area contributed by atoms with Crippen molar-refractivity contribution < 1.29 is 14.3 Å². The first-order valence-corrected chi connectivity index (χ1v) is 4.27. The summed E-state index contributed by atoms with van der Waals surface area (Å²) in [6, 6.07) is 3.53. The number of benzene rings is 1. The molecule has 0 spiro atoms. The zero-order valence-corrected chi connectivity index (χ0v) is 8.14. The molecule has 0 aliphatic heterocycles. The fourth-order valence-electron chi connectivity index (χ4n) is 0.838. The van der Waals surface area contributed by atoms with E-state index in [4.69, 9.17) is 11.3 Å². The third-order valence-corrected chi connectivity index (χ3v) is 1.64. The largest absolute Gasteiger partial charge is 0.507 e. The maximum absolute atomic E-state index is 12.8. The fourth-order valence-corrected chi connectivity index (χ4v) is 0.838. The first kappa shape index (κ1) is 11.1. The average molecular weight is 207 g/mol. The van der Waals surface area contributed by atoms with Crippen molar-refractivity contribution in [3.8, 4) is 18.1 Å². The molecule has 1 N–H and O–H groups in total. The molecular weight excluding hydrogens is 197 g/mol. The second-order valence-corrected chi connectivity index (χ2v) is 2.85. The normalized spacial score (nSPS) is 12.3. The van der Waals surface area contributed by atoms with Gasteiger partial charge in [0.2, 0.25) is 0 Å². The number of phenolic OH excluding ortho intramolecular Hbond substituents is 1. The zero-order chi connectivity index (χ0) is 11.3. The quantitative estimate of drug-likeness (QED) is 0.467. The summed E-state index contributed by atoms with van der Waals surface area (Å²) in [5, 5.41) is 12.8. The summed E-state index contributed by atoms with van der Waals surface area (Å²) in [6.07, 6.45) is 5.79. The zero-order valence-electron chi connectivity index (χ0n) is 8.14. The van der Waals surface area contributed by atoms with E-state index in [1.807, 2.05) is 0 Å². The van der Waals surface area contributed by atoms with Crippen LogP contribution >= 0.6 is 0 Å². The van der Waals surface area contributed by atoms with Crippen molar-refractivity contribution >= 4 is 6.21 Å². The first-order valence-electron chi connectivity index (χ1n) is 4.27. The van der Waals surface area contributed by atoms with Crippen LogP contribution in [0, 0.1) is 18.2 Å². The lowest BCUT2D eigenvalue weighted by atomic mass is 10.2. The molecule has 1 rings (SSSR count). The molecule has 0 fully saturated rings. The standard InChI is InChI=1S/C11H10FNO2/c1-3-8(2)15-13-7-9-6-10(12)4-5-11(9)14/h1,4-8,14H,2H3. The van der Waals surface area contributed by atoms with Gasteiger partial charge in [0, 0.05) is 5.56 Å². The number of phenols is 1. The Labute approximate surface area is 87.2 Å². The number of halogens is 1. The van der Waals surface area contributed by atoms with Crippen molar-refractivity contribution in [2.75, 3.05) is 0 Å². The molecule has 0 bridgehead atoms. The maximum Gasteiger partial charge on any atom is 0.184 e. The summed E-state index contributed by atoms with van der Waals surface area (Å²) in [6.45, 7) is 1.64. The van der Waals surface area contributed by atoms with E-state index in [1.54, 1.807) is 6.92 Å². The predicted octanol–water partition coefficient (Wildman–Crippen LogP) is 1.90. The minimum absolute atomic E-state index is 0.0721. The molecule has 4 heteroatoms. The van der Waals surface area contributed by atoms with Crippen LogP contribution in [0.2, 0.25) is 0 Å². The van der Waals surface area contributed by atoms with Gasteiger partial charge >= 0.3 is 0 Å². The molecule has 0 saturated carbocycles. The molecule has 1 aromatic carbocycles. The summed E-state index contributed by atoms with van der Waals surface area (Å²) < 4.78 is 12.8. The van der Waals surface area contributed by atoms with Crippen LogP contribution in [0.5, 0.6) is 5.75 Å². The molecule has 0 heterocycles. The molecule has 1 aromatic rings. The maximum atomic E-state index is 12.8. The van der Waals surface area contributed by atoms with Gasteiger partial charge in [0.25, 0.3) is 0 Å². The molecule has 78 valence electrons. The fraction of sp³-hybridized carbons (Fsp3) is 0.182. The van der Waals surface area contributed by atoms with Crippen LogP contribution in [-0.4, -0.2) is 17.4 Å². The van der Waals surface area contributed by atoms with Crippen LogP contribution in [0.25, 0.3) is 0 Å². The molecule has 0 aromatic heterocycles. The lowest BCUT2D eigenvalue weighted by molar-refractivity contribution is 0.114. The number of oxime groups is 1. The Kier molecular flexibility index (Phi) is 3.69. The third kappa shape index (κ3) is 3.31. The van der Waals surface area contributed by atoms with Crippen molar-refractivity contribution in [1.29, 1.82) is 0 Å². The van der Waals surface area contributed by atoms with Crippen LogP contribution in [0.3, 0.4) is 0 Å². The van der Waals surface area contributed by atoms with Crippen LogP contribution in [-0.2, 0) is 4.84 Å². The van der Waals surface area contributed by atoms with Gasteiger partial charge in [-0.25, -0.2) is 4.39 Å². The van der Waals surface area contributed by atoms with E-state index in [0.717, 1.165) is 12.1 Å². The number of hydrogen-bond donors (Lipinski definition) is 1. The van der Waals surface area contributed by atoms with Crippen molar-refractivity contribution in [1.82, 2.24) is 0 Å². The van der Waals surface area contributed by atoms with E-state index in [-0.39, 0.29) is 11.3 Å². The summed E-state index contributed by atoms with van der Waals surface area (Å²) in [5.74, 6) is 1.77. The van der Waals surface area contributed by atoms with Gasteiger partial charge in [-0.1, -0.05) is 11.1 Å². The van der Waals surface area contributed by atoms with Gasteiger partial charge < -0.3 is 9.94 Å². The highest BCUT2D eigenvalue weighted by molar-refractivity contribution is 5.82. The molecule has 1 atom stereocenters. The van der Waals surface area contributed by atoms with Crippen molar-refractivity contribution in [2.24, 2.45) is 5.16 Å². The van der Waals surface area contributed by atoms with E-state index in [1.165, 1.54) is 12.3 Å². The second-order valence-electron chi connectivity index (χ2n) is 2.85. The molecule has 0 radical (unpaired) electrons. The Morgan fingerprint density at radius 2 is 2.40 bits per heavy atom. The van der Waals surface area contributed by atoms with Gasteiger partial charge in [0.15, 0.2) is 6.10 Å². The molecule has 3 nitrogen and oxygen atoms in total. The number of hydrogen-bond acceptors (Lipinski definition) is 3. The van der Waals surface area contributed by atoms with Crippen molar-refractivity contribution in [3.63, 3.8) is 0 Å². The van der Waals surface area contributed by atoms with E-state index in [9.17, 15) is 9.50 Å². The topological polar surface area (TPSA) is 41.8 Å². The predicted molar refractivity (Wildman–Crippen MR) is 55.0 cm³/mol. The number of nitrogens with zero attached hydrogens (tertiary/aromatic N) is 1. The lowest BCUT2D eigenvalue weighted by Crippen LogP contribution is -1.99. The first-order chi connectivity index (χ1) is 7.13. The van der Waals surface area contributed by atoms with Gasteiger partial charge in [0.1, 0.15) is 11.6 Å². The summed E-state index contributed by atoms with van der Waals surface area (Å²) in [4.78, 5) is 4.79. The molecule has 0 amide bonds. The Balaban J connectivity index is 2.72. The summed E-state index contributed by atoms with van der Waals surface area (Å²) in [7, 11) is 0. The molecule has 0 saturated heterocycles. The van der Waals surface area contributed by atoms with E-state index >= 15 is 0 Å². The van der Waals surface area contributed by atoms with Gasteiger partial charge in [-0.2, -0.15) is 0 Å². The highest BCUT2D eigenvalue weighted by Gasteiger charge is 2.00. The second kappa shape index (κ2) is 5.01. The summed E-state index contributed by atoms with van der Waals surface area (Å²) in [5.41, 5.74) is 0.235. The van der Waals surface area contributed by atoms with Gasteiger partial charge in [-0.05, 0) is 25.1 Å². The van der Waals surface area contributed by atoms with Gasteiger partial charge in [-0.3, -0.25) is 0 Å². The summed E-state index contributed by atoms with van der Waals surface area (Å²) >= 11 is 0. The van der Waals surface area contributed by atoms with Crippen LogP contribution in [0.1, 0.15) is 12.5 Å². The highest BCUT2D eigenvalue weighted by atomic mass is 19.1. The minimum Gasteiger partial charge on any atom is -0.507 e. The lowest BCUT2D eigenvalue weighted by Gasteiger charge is -2.01. The molecular formula is C11H10FNO2. The highest BCUT2D eigenvalue weighted by Crippen LogP contribution is 2.15. The van der Waals surface area contributed by atoms with Crippen LogP contribution in [0.15, 0.2) is 23.4 Å².